The number of alkyl halides is 3. The molecule has 130 valence electrons. The van der Waals surface area contributed by atoms with Crippen molar-refractivity contribution in [3.63, 3.8) is 0 Å². The molecule has 5 nitrogen and oxygen atoms in total. The zero-order valence-electron chi connectivity index (χ0n) is 13.4. The summed E-state index contributed by atoms with van der Waals surface area (Å²) in [6.07, 6.45) is -4.92. The molecule has 2 saturated carbocycles. The maximum absolute atomic E-state index is 12.9. The zero-order valence-corrected chi connectivity index (χ0v) is 13.4. The summed E-state index contributed by atoms with van der Waals surface area (Å²) in [7, 11) is 0. The van der Waals surface area contributed by atoms with Crippen LogP contribution in [0, 0.1) is 17.8 Å². The Morgan fingerprint density at radius 3 is 2.04 bits per heavy atom. The summed E-state index contributed by atoms with van der Waals surface area (Å²) >= 11 is 0. The predicted octanol–water partition coefficient (Wildman–Crippen LogP) is 2.31. The molecule has 0 aromatic heterocycles. The van der Waals surface area contributed by atoms with E-state index in [4.69, 9.17) is 4.74 Å². The largest absolute Gasteiger partial charge is 0.444 e. The fourth-order valence-electron chi connectivity index (χ4n) is 3.31. The molecule has 2 aliphatic carbocycles. The SMILES string of the molecule is CC(C)(C)OC(=O)N1C[C@@H]2C(C(=O)NC3(C(F)(F)F)CC3)[C@@H]2C1. The number of fused-ring (bicyclic) bond motifs is 1. The van der Waals surface area contributed by atoms with E-state index in [9.17, 15) is 22.8 Å². The maximum atomic E-state index is 12.9. The van der Waals surface area contributed by atoms with Crippen molar-refractivity contribution in [1.82, 2.24) is 10.2 Å². The minimum absolute atomic E-state index is 0.0473. The molecule has 1 N–H and O–H groups in total. The van der Waals surface area contributed by atoms with Crippen LogP contribution in [0.5, 0.6) is 0 Å². The molecule has 3 fully saturated rings. The molecule has 1 saturated heterocycles. The van der Waals surface area contributed by atoms with Crippen molar-refractivity contribution < 1.29 is 27.5 Å². The fourth-order valence-corrected chi connectivity index (χ4v) is 3.31. The van der Waals surface area contributed by atoms with Crippen LogP contribution in [0.1, 0.15) is 33.6 Å². The van der Waals surface area contributed by atoms with Crippen LogP contribution < -0.4 is 5.32 Å². The number of carbonyl (C=O) groups excluding carboxylic acids is 2. The van der Waals surface area contributed by atoms with Crippen LogP contribution in [0.2, 0.25) is 0 Å². The molecular formula is C15H21F3N2O3. The normalized spacial score (nSPS) is 31.4. The van der Waals surface area contributed by atoms with Gasteiger partial charge in [0, 0.05) is 19.0 Å². The van der Waals surface area contributed by atoms with E-state index < -0.39 is 35.2 Å². The highest BCUT2D eigenvalue weighted by atomic mass is 19.4. The number of piperidine rings is 1. The Kier molecular flexibility index (Phi) is 3.40. The topological polar surface area (TPSA) is 58.6 Å². The van der Waals surface area contributed by atoms with Crippen molar-refractivity contribution in [1.29, 1.82) is 0 Å². The third-order valence-electron chi connectivity index (χ3n) is 4.80. The van der Waals surface area contributed by atoms with Crippen molar-refractivity contribution in [2.45, 2.75) is 50.9 Å². The Morgan fingerprint density at radius 2 is 1.65 bits per heavy atom. The first-order valence-corrected chi connectivity index (χ1v) is 7.80. The second-order valence-electron chi connectivity index (χ2n) is 7.81. The van der Waals surface area contributed by atoms with E-state index in [-0.39, 0.29) is 24.7 Å². The highest BCUT2D eigenvalue weighted by molar-refractivity contribution is 5.84. The molecule has 3 aliphatic rings. The lowest BCUT2D eigenvalue weighted by molar-refractivity contribution is -0.171. The van der Waals surface area contributed by atoms with Gasteiger partial charge in [-0.1, -0.05) is 0 Å². The van der Waals surface area contributed by atoms with Crippen molar-refractivity contribution in [3.05, 3.63) is 0 Å². The van der Waals surface area contributed by atoms with Gasteiger partial charge in [-0.15, -0.1) is 0 Å². The monoisotopic (exact) mass is 334 g/mol. The molecule has 1 unspecified atom stereocenters. The van der Waals surface area contributed by atoms with E-state index in [0.29, 0.717) is 13.1 Å². The lowest BCUT2D eigenvalue weighted by atomic mass is 10.2. The van der Waals surface area contributed by atoms with E-state index in [2.05, 4.69) is 5.32 Å². The van der Waals surface area contributed by atoms with Gasteiger partial charge in [-0.05, 0) is 45.4 Å². The van der Waals surface area contributed by atoms with Gasteiger partial charge in [-0.25, -0.2) is 4.79 Å². The van der Waals surface area contributed by atoms with E-state index in [1.165, 1.54) is 4.90 Å². The van der Waals surface area contributed by atoms with Crippen LogP contribution >= 0.6 is 0 Å². The molecule has 3 rings (SSSR count). The third-order valence-corrected chi connectivity index (χ3v) is 4.80. The van der Waals surface area contributed by atoms with Crippen molar-refractivity contribution >= 4 is 12.0 Å². The summed E-state index contributed by atoms with van der Waals surface area (Å²) in [4.78, 5) is 25.5. The van der Waals surface area contributed by atoms with E-state index in [1.807, 2.05) is 0 Å². The molecule has 1 aliphatic heterocycles. The fraction of sp³-hybridized carbons (Fsp3) is 0.867. The van der Waals surface area contributed by atoms with Crippen LogP contribution in [0.3, 0.4) is 0 Å². The summed E-state index contributed by atoms with van der Waals surface area (Å²) in [6, 6.07) is 0. The van der Waals surface area contributed by atoms with Gasteiger partial charge < -0.3 is 15.0 Å². The smallest absolute Gasteiger partial charge is 0.411 e. The standard InChI is InChI=1S/C15H21F3N2O3/c1-13(2,3)23-12(22)20-6-8-9(7-20)10(8)11(21)19-14(4-5-14)15(16,17)18/h8-10H,4-7H2,1-3H3,(H,19,21)/t8-,9+,10?. The van der Waals surface area contributed by atoms with Crippen molar-refractivity contribution in [3.8, 4) is 0 Å². The molecule has 0 bridgehead atoms. The Labute approximate surface area is 132 Å². The summed E-state index contributed by atoms with van der Waals surface area (Å²) in [5.41, 5.74) is -2.60. The Balaban J connectivity index is 1.51. The zero-order chi connectivity index (χ0) is 17.2. The van der Waals surface area contributed by atoms with Gasteiger partial charge in [-0.2, -0.15) is 13.2 Å². The van der Waals surface area contributed by atoms with Crippen molar-refractivity contribution in [2.24, 2.45) is 17.8 Å². The maximum Gasteiger partial charge on any atom is 0.411 e. The second-order valence-corrected chi connectivity index (χ2v) is 7.81. The van der Waals surface area contributed by atoms with E-state index in [1.54, 1.807) is 20.8 Å². The number of halogens is 3. The summed E-state index contributed by atoms with van der Waals surface area (Å²) in [5.74, 6) is -1.04. The number of hydrogen-bond donors (Lipinski definition) is 1. The highest BCUT2D eigenvalue weighted by Gasteiger charge is 2.67. The van der Waals surface area contributed by atoms with Gasteiger partial charge in [0.15, 0.2) is 0 Å². The molecule has 8 heteroatoms. The Bertz CT molecular complexity index is 525. The Morgan fingerprint density at radius 1 is 1.13 bits per heavy atom. The number of likely N-dealkylation sites (tertiary alicyclic amines) is 1. The van der Waals surface area contributed by atoms with Crippen LogP contribution in [0.4, 0.5) is 18.0 Å². The second kappa shape index (κ2) is 4.77. The molecular weight excluding hydrogens is 313 g/mol. The van der Waals surface area contributed by atoms with Crippen molar-refractivity contribution in [2.75, 3.05) is 13.1 Å². The van der Waals surface area contributed by atoms with Crippen LogP contribution in [0.25, 0.3) is 0 Å². The van der Waals surface area contributed by atoms with Crippen LogP contribution in [-0.4, -0.2) is 47.3 Å². The number of nitrogens with one attached hydrogen (secondary N) is 1. The molecule has 0 aromatic rings. The van der Waals surface area contributed by atoms with Crippen LogP contribution in [-0.2, 0) is 9.53 Å². The first kappa shape index (κ1) is 16.4. The first-order valence-electron chi connectivity index (χ1n) is 7.80. The number of ether oxygens (including phenoxy) is 1. The lowest BCUT2D eigenvalue weighted by Crippen LogP contribution is -2.49. The van der Waals surface area contributed by atoms with Gasteiger partial charge in [0.05, 0.1) is 0 Å². The van der Waals surface area contributed by atoms with Gasteiger partial charge in [-0.3, -0.25) is 4.79 Å². The van der Waals surface area contributed by atoms with Gasteiger partial charge >= 0.3 is 12.3 Å². The molecule has 23 heavy (non-hydrogen) atoms. The van der Waals surface area contributed by atoms with E-state index in [0.717, 1.165) is 0 Å². The lowest BCUT2D eigenvalue weighted by Gasteiger charge is -2.26. The minimum Gasteiger partial charge on any atom is -0.444 e. The molecule has 3 atom stereocenters. The molecule has 0 spiro atoms. The number of hydrogen-bond acceptors (Lipinski definition) is 3. The molecule has 1 heterocycles. The quantitative estimate of drug-likeness (QED) is 0.843. The first-order chi connectivity index (χ1) is 10.4. The van der Waals surface area contributed by atoms with Gasteiger partial charge in [0.25, 0.3) is 0 Å². The average Bonchev–Trinajstić information content (AvgIpc) is 3.24. The molecule has 0 radical (unpaired) electrons. The van der Waals surface area contributed by atoms with Gasteiger partial charge in [0.1, 0.15) is 11.1 Å². The number of amides is 2. The number of rotatable bonds is 2. The summed E-state index contributed by atoms with van der Waals surface area (Å²) < 4.78 is 43.9. The minimum atomic E-state index is -4.39. The predicted molar refractivity (Wildman–Crippen MR) is 74.4 cm³/mol. The highest BCUT2D eigenvalue weighted by Crippen LogP contribution is 2.54. The third kappa shape index (κ3) is 2.99. The molecule has 0 aromatic carbocycles. The Hall–Kier alpha value is -1.47. The van der Waals surface area contributed by atoms with E-state index >= 15 is 0 Å². The summed E-state index contributed by atoms with van der Waals surface area (Å²) in [6.45, 7) is 6.05. The van der Waals surface area contributed by atoms with Gasteiger partial charge in [0.2, 0.25) is 5.91 Å². The number of nitrogens with zero attached hydrogens (tertiary/aromatic N) is 1. The molecule has 2 amide bonds. The van der Waals surface area contributed by atoms with Crippen LogP contribution in [0.15, 0.2) is 0 Å². The summed E-state index contributed by atoms with van der Waals surface area (Å²) in [5, 5.41) is 2.18. The number of carbonyl (C=O) groups is 2. The average molecular weight is 334 g/mol.